The third-order valence-electron chi connectivity index (χ3n) is 4.52. The van der Waals surface area contributed by atoms with E-state index < -0.39 is 0 Å². The first kappa shape index (κ1) is 18.7. The highest BCUT2D eigenvalue weighted by Crippen LogP contribution is 2.34. The van der Waals surface area contributed by atoms with Crippen LogP contribution in [0.15, 0.2) is 34.6 Å². The van der Waals surface area contributed by atoms with Gasteiger partial charge in [0.15, 0.2) is 0 Å². The Morgan fingerprint density at radius 3 is 3.25 bits per heavy atom. The molecule has 3 aromatic heterocycles. The van der Waals surface area contributed by atoms with E-state index >= 15 is 0 Å². The highest BCUT2D eigenvalue weighted by Gasteiger charge is 2.31. The molecule has 0 aliphatic carbocycles. The molecule has 10 heteroatoms. The van der Waals surface area contributed by atoms with Crippen molar-refractivity contribution in [3.63, 3.8) is 0 Å². The summed E-state index contributed by atoms with van der Waals surface area (Å²) in [5.41, 5.74) is 0.504. The minimum Gasteiger partial charge on any atom is -0.375 e. The van der Waals surface area contributed by atoms with E-state index in [2.05, 4.69) is 47.8 Å². The SMILES string of the molecule is COCC(=O)Nc1ncncc1-c1noc(C2CCCN2Cc2cccs2)n1. The number of anilines is 1. The Balaban J connectivity index is 1.54. The lowest BCUT2D eigenvalue weighted by Crippen LogP contribution is -2.22. The van der Waals surface area contributed by atoms with Gasteiger partial charge in [-0.3, -0.25) is 9.69 Å². The van der Waals surface area contributed by atoms with Crippen LogP contribution >= 0.6 is 11.3 Å². The molecule has 146 valence electrons. The summed E-state index contributed by atoms with van der Waals surface area (Å²) >= 11 is 1.75. The third-order valence-corrected chi connectivity index (χ3v) is 5.38. The molecule has 0 radical (unpaired) electrons. The molecule has 1 aliphatic heterocycles. The van der Waals surface area contributed by atoms with Gasteiger partial charge in [0.2, 0.25) is 11.7 Å². The Hall–Kier alpha value is -2.69. The van der Waals surface area contributed by atoms with Gasteiger partial charge in [0.05, 0.1) is 11.6 Å². The molecular formula is C18H20N6O3S. The number of hydrogen-bond donors (Lipinski definition) is 1. The predicted octanol–water partition coefficient (Wildman–Crippen LogP) is 2.51. The third kappa shape index (κ3) is 4.08. The van der Waals surface area contributed by atoms with Gasteiger partial charge in [-0.25, -0.2) is 9.97 Å². The largest absolute Gasteiger partial charge is 0.375 e. The molecule has 3 aromatic rings. The molecule has 1 aliphatic rings. The van der Waals surface area contributed by atoms with E-state index in [4.69, 9.17) is 9.26 Å². The van der Waals surface area contributed by atoms with Gasteiger partial charge in [-0.05, 0) is 30.8 Å². The number of amides is 1. The number of nitrogens with one attached hydrogen (secondary N) is 1. The smallest absolute Gasteiger partial charge is 0.251 e. The van der Waals surface area contributed by atoms with E-state index in [9.17, 15) is 4.79 Å². The number of likely N-dealkylation sites (tertiary alicyclic amines) is 1. The first-order valence-corrected chi connectivity index (χ1v) is 9.81. The Bertz CT molecular complexity index is 929. The number of ether oxygens (including phenoxy) is 1. The van der Waals surface area contributed by atoms with Crippen molar-refractivity contribution >= 4 is 23.1 Å². The molecule has 1 amide bonds. The number of thiophene rings is 1. The summed E-state index contributed by atoms with van der Waals surface area (Å²) in [6.07, 6.45) is 4.96. The summed E-state index contributed by atoms with van der Waals surface area (Å²) in [6.45, 7) is 1.79. The maximum absolute atomic E-state index is 11.8. The van der Waals surface area contributed by atoms with Crippen molar-refractivity contribution in [2.75, 3.05) is 25.6 Å². The Morgan fingerprint density at radius 2 is 2.43 bits per heavy atom. The summed E-state index contributed by atoms with van der Waals surface area (Å²) < 4.78 is 10.4. The van der Waals surface area contributed by atoms with E-state index in [-0.39, 0.29) is 18.6 Å². The molecule has 4 rings (SSSR count). The zero-order chi connectivity index (χ0) is 19.3. The molecule has 1 N–H and O–H groups in total. The molecule has 1 atom stereocenters. The van der Waals surface area contributed by atoms with Gasteiger partial charge in [0.25, 0.3) is 5.91 Å². The maximum Gasteiger partial charge on any atom is 0.251 e. The highest BCUT2D eigenvalue weighted by molar-refractivity contribution is 7.09. The molecule has 1 saturated heterocycles. The lowest BCUT2D eigenvalue weighted by molar-refractivity contribution is -0.119. The zero-order valence-corrected chi connectivity index (χ0v) is 16.2. The normalized spacial score (nSPS) is 17.1. The van der Waals surface area contributed by atoms with Crippen molar-refractivity contribution in [3.05, 3.63) is 40.8 Å². The second-order valence-electron chi connectivity index (χ2n) is 6.43. The average Bonchev–Trinajstić information content (AvgIpc) is 3.44. The number of nitrogens with zero attached hydrogens (tertiary/aromatic N) is 5. The molecule has 9 nitrogen and oxygen atoms in total. The number of rotatable bonds is 7. The topological polar surface area (TPSA) is 106 Å². The van der Waals surface area contributed by atoms with Gasteiger partial charge in [-0.2, -0.15) is 4.98 Å². The van der Waals surface area contributed by atoms with E-state index in [1.807, 2.05) is 0 Å². The molecule has 0 spiro atoms. The summed E-state index contributed by atoms with van der Waals surface area (Å²) in [4.78, 5) is 28.2. The Morgan fingerprint density at radius 1 is 1.50 bits per heavy atom. The summed E-state index contributed by atoms with van der Waals surface area (Å²) in [7, 11) is 1.45. The molecule has 0 saturated carbocycles. The van der Waals surface area contributed by atoms with Crippen molar-refractivity contribution in [3.8, 4) is 11.4 Å². The molecule has 0 aromatic carbocycles. The molecule has 1 fully saturated rings. The number of aromatic nitrogens is 4. The van der Waals surface area contributed by atoms with E-state index in [0.29, 0.717) is 23.1 Å². The monoisotopic (exact) mass is 400 g/mol. The molecule has 0 bridgehead atoms. The van der Waals surface area contributed by atoms with Gasteiger partial charge in [0.1, 0.15) is 18.8 Å². The first-order valence-electron chi connectivity index (χ1n) is 8.94. The fraction of sp³-hybridized carbons (Fsp3) is 0.389. The van der Waals surface area contributed by atoms with Crippen LogP contribution in [-0.4, -0.2) is 51.2 Å². The quantitative estimate of drug-likeness (QED) is 0.645. The molecular weight excluding hydrogens is 380 g/mol. The van der Waals surface area contributed by atoms with Crippen molar-refractivity contribution in [2.24, 2.45) is 0 Å². The molecule has 1 unspecified atom stereocenters. The van der Waals surface area contributed by atoms with Gasteiger partial charge in [0, 0.05) is 24.7 Å². The van der Waals surface area contributed by atoms with E-state index in [1.165, 1.54) is 18.3 Å². The van der Waals surface area contributed by atoms with Crippen molar-refractivity contribution in [1.29, 1.82) is 0 Å². The van der Waals surface area contributed by atoms with Crippen LogP contribution in [-0.2, 0) is 16.1 Å². The minimum absolute atomic E-state index is 0.0688. The van der Waals surface area contributed by atoms with Gasteiger partial charge < -0.3 is 14.6 Å². The summed E-state index contributed by atoms with van der Waals surface area (Å²) in [5.74, 6) is 0.934. The fourth-order valence-electron chi connectivity index (χ4n) is 3.27. The first-order chi connectivity index (χ1) is 13.7. The van der Waals surface area contributed by atoms with Gasteiger partial charge in [-0.15, -0.1) is 11.3 Å². The van der Waals surface area contributed by atoms with Crippen molar-refractivity contribution in [2.45, 2.75) is 25.4 Å². The highest BCUT2D eigenvalue weighted by atomic mass is 32.1. The fourth-order valence-corrected chi connectivity index (χ4v) is 4.00. The van der Waals surface area contributed by atoms with Crippen LogP contribution < -0.4 is 5.32 Å². The van der Waals surface area contributed by atoms with Crippen LogP contribution in [0.1, 0.15) is 29.7 Å². The number of hydrogen-bond acceptors (Lipinski definition) is 9. The number of methoxy groups -OCH3 is 1. The summed E-state index contributed by atoms with van der Waals surface area (Å²) in [5, 5.41) is 8.87. The van der Waals surface area contributed by atoms with Crippen LogP contribution in [0.2, 0.25) is 0 Å². The maximum atomic E-state index is 11.8. The number of carbonyl (C=O) groups is 1. The van der Waals surface area contributed by atoms with Crippen LogP contribution in [0.5, 0.6) is 0 Å². The standard InChI is InChI=1S/C18H20N6O3S/c1-26-10-15(25)21-16-13(8-19-11-20-16)17-22-18(27-23-17)14-5-2-6-24(14)9-12-4-3-7-28-12/h3-4,7-8,11,14H,2,5-6,9-10H2,1H3,(H,19,20,21,25). The van der Waals surface area contributed by atoms with E-state index in [1.54, 1.807) is 17.5 Å². The van der Waals surface area contributed by atoms with Crippen LogP contribution in [0.25, 0.3) is 11.4 Å². The summed E-state index contributed by atoms with van der Waals surface area (Å²) in [6, 6.07) is 4.28. The minimum atomic E-state index is -0.316. The predicted molar refractivity (Wildman–Crippen MR) is 103 cm³/mol. The molecule has 4 heterocycles. The van der Waals surface area contributed by atoms with Crippen molar-refractivity contribution < 1.29 is 14.1 Å². The second-order valence-corrected chi connectivity index (χ2v) is 7.46. The van der Waals surface area contributed by atoms with Crippen LogP contribution in [0, 0.1) is 0 Å². The van der Waals surface area contributed by atoms with Gasteiger partial charge >= 0.3 is 0 Å². The van der Waals surface area contributed by atoms with Crippen LogP contribution in [0.4, 0.5) is 5.82 Å². The zero-order valence-electron chi connectivity index (χ0n) is 15.4. The lowest BCUT2D eigenvalue weighted by Gasteiger charge is -2.20. The Labute approximate surface area is 165 Å². The average molecular weight is 400 g/mol. The van der Waals surface area contributed by atoms with E-state index in [0.717, 1.165) is 25.9 Å². The van der Waals surface area contributed by atoms with Crippen LogP contribution in [0.3, 0.4) is 0 Å². The lowest BCUT2D eigenvalue weighted by atomic mass is 10.2. The number of carbonyl (C=O) groups excluding carboxylic acids is 1. The van der Waals surface area contributed by atoms with Crippen molar-refractivity contribution in [1.82, 2.24) is 25.0 Å². The second kappa shape index (κ2) is 8.55. The Kier molecular flexibility index (Phi) is 5.70. The van der Waals surface area contributed by atoms with Gasteiger partial charge in [-0.1, -0.05) is 11.2 Å². The molecule has 28 heavy (non-hydrogen) atoms.